The van der Waals surface area contributed by atoms with Crippen LogP contribution in [0.4, 0.5) is 0 Å². The smallest absolute Gasteiger partial charge is 0.306 e. The molecular formula is C47H68O11. The van der Waals surface area contributed by atoms with Crippen LogP contribution in [-0.4, -0.2) is 91.3 Å². The van der Waals surface area contributed by atoms with E-state index in [-0.39, 0.29) is 64.3 Å². The van der Waals surface area contributed by atoms with Crippen LogP contribution in [-0.2, 0) is 28.7 Å². The molecule has 6 fully saturated rings. The summed E-state index contributed by atoms with van der Waals surface area (Å²) >= 11 is 0. The summed E-state index contributed by atoms with van der Waals surface area (Å²) in [6, 6.07) is 0. The Labute approximate surface area is 343 Å². The Morgan fingerprint density at radius 2 is 1.14 bits per heavy atom. The highest BCUT2D eigenvalue weighted by molar-refractivity contribution is 5.93. The zero-order valence-corrected chi connectivity index (χ0v) is 35.4. The largest absolute Gasteiger partial charge is 0.458 e. The fraction of sp³-hybridized carbons (Fsp3) is 0.809. The van der Waals surface area contributed by atoms with Gasteiger partial charge in [-0.05, 0) is 142 Å². The first-order chi connectivity index (χ1) is 27.2. The van der Waals surface area contributed by atoms with E-state index in [1.807, 2.05) is 26.8 Å². The van der Waals surface area contributed by atoms with Gasteiger partial charge in [0.1, 0.15) is 17.8 Å². The molecule has 0 radical (unpaired) electrons. The number of carbonyl (C=O) groups excluding carboxylic acids is 5. The van der Waals surface area contributed by atoms with Crippen LogP contribution in [0.5, 0.6) is 0 Å². The number of carbonyl (C=O) groups is 5. The molecule has 14 atom stereocenters. The summed E-state index contributed by atoms with van der Waals surface area (Å²) in [4.78, 5) is 61.3. The first-order valence-electron chi connectivity index (χ1n) is 22.4. The number of hydrogen-bond donors (Lipinski definition) is 5. The van der Waals surface area contributed by atoms with E-state index in [1.54, 1.807) is 6.08 Å². The SMILES string of the molecule is CCCCC(=O)OCC(=O)[C@@]1(O)CCC2C3CCC4=CC(=O)CC[C@]4(C)C3[C@@H](O)C[C@@]21C.C[C@]12CCC(=O)C=C1CC[C@@H]1[C@@H]2[C@@H](O)C[C@@]2(C)[C@H]1CC[C@]2(O)C(=O)CO. The molecule has 11 nitrogen and oxygen atoms in total. The maximum absolute atomic E-state index is 13.1. The van der Waals surface area contributed by atoms with E-state index in [0.717, 1.165) is 57.8 Å². The highest BCUT2D eigenvalue weighted by Gasteiger charge is 2.70. The van der Waals surface area contributed by atoms with Crippen molar-refractivity contribution in [2.24, 2.45) is 57.2 Å². The van der Waals surface area contributed by atoms with Crippen LogP contribution in [0.3, 0.4) is 0 Å². The van der Waals surface area contributed by atoms with Gasteiger partial charge in [0.15, 0.2) is 24.0 Å². The van der Waals surface area contributed by atoms with Crippen molar-refractivity contribution in [2.45, 2.75) is 167 Å². The van der Waals surface area contributed by atoms with Gasteiger partial charge < -0.3 is 30.3 Å². The fourth-order valence-corrected chi connectivity index (χ4v) is 15.1. The van der Waals surface area contributed by atoms with Crippen LogP contribution in [0.1, 0.15) is 144 Å². The zero-order valence-electron chi connectivity index (χ0n) is 35.4. The van der Waals surface area contributed by atoms with Gasteiger partial charge in [-0.2, -0.15) is 0 Å². The van der Waals surface area contributed by atoms with E-state index in [1.165, 1.54) is 11.1 Å². The van der Waals surface area contributed by atoms with Crippen molar-refractivity contribution in [2.75, 3.05) is 13.2 Å². The topological polar surface area (TPSA) is 196 Å². The predicted molar refractivity (Wildman–Crippen MR) is 214 cm³/mol. The van der Waals surface area contributed by atoms with Crippen molar-refractivity contribution in [3.8, 4) is 0 Å². The molecule has 6 saturated carbocycles. The lowest BCUT2D eigenvalue weighted by atomic mass is 9.45. The Bertz CT molecular complexity index is 1770. The minimum Gasteiger partial charge on any atom is -0.458 e. The van der Waals surface area contributed by atoms with Gasteiger partial charge in [-0.25, -0.2) is 0 Å². The molecule has 322 valence electrons. The number of ether oxygens (including phenoxy) is 1. The molecule has 0 spiro atoms. The summed E-state index contributed by atoms with van der Waals surface area (Å²) in [5, 5.41) is 54.8. The van der Waals surface area contributed by atoms with Gasteiger partial charge in [0.2, 0.25) is 5.78 Å². The Morgan fingerprint density at radius 3 is 1.57 bits per heavy atom. The Kier molecular flexibility index (Phi) is 11.6. The summed E-state index contributed by atoms with van der Waals surface area (Å²) in [7, 11) is 0. The second kappa shape index (κ2) is 15.4. The Hall–Kier alpha value is -2.57. The third-order valence-electron chi connectivity index (χ3n) is 18.3. The number of aliphatic hydroxyl groups excluding tert-OH is 3. The molecule has 5 N–H and O–H groups in total. The number of Topliss-reactive ketones (excluding diaryl/α,β-unsaturated/α-hetero) is 2. The van der Waals surface area contributed by atoms with Crippen LogP contribution in [0.15, 0.2) is 23.3 Å². The molecule has 0 aliphatic heterocycles. The van der Waals surface area contributed by atoms with Crippen molar-refractivity contribution < 1.29 is 54.2 Å². The van der Waals surface area contributed by atoms with Crippen molar-refractivity contribution in [3.05, 3.63) is 23.3 Å². The molecule has 0 aromatic carbocycles. The molecule has 0 amide bonds. The van der Waals surface area contributed by atoms with Crippen LogP contribution in [0.2, 0.25) is 0 Å². The molecule has 58 heavy (non-hydrogen) atoms. The van der Waals surface area contributed by atoms with Crippen molar-refractivity contribution in [1.82, 2.24) is 0 Å². The molecule has 0 aromatic rings. The summed E-state index contributed by atoms with van der Waals surface area (Å²) in [5.74, 6) is -0.160. The zero-order chi connectivity index (χ0) is 42.2. The minimum absolute atomic E-state index is 0.0398. The molecule has 0 bridgehead atoms. The number of ketones is 4. The summed E-state index contributed by atoms with van der Waals surface area (Å²) < 4.78 is 5.19. The Balaban J connectivity index is 0.000000180. The number of rotatable bonds is 8. The van der Waals surface area contributed by atoms with Gasteiger partial charge in [0, 0.05) is 30.1 Å². The number of esters is 1. The second-order valence-corrected chi connectivity index (χ2v) is 20.7. The quantitative estimate of drug-likeness (QED) is 0.200. The number of unbranched alkanes of at least 4 members (excludes halogenated alkanes) is 1. The van der Waals surface area contributed by atoms with Crippen LogP contribution in [0.25, 0.3) is 0 Å². The lowest BCUT2D eigenvalue weighted by Gasteiger charge is -2.60. The molecular weight excluding hydrogens is 741 g/mol. The van der Waals surface area contributed by atoms with Crippen molar-refractivity contribution in [1.29, 1.82) is 0 Å². The maximum Gasteiger partial charge on any atom is 0.306 e. The lowest BCUT2D eigenvalue weighted by molar-refractivity contribution is -0.184. The van der Waals surface area contributed by atoms with Gasteiger partial charge >= 0.3 is 5.97 Å². The van der Waals surface area contributed by atoms with Gasteiger partial charge in [-0.15, -0.1) is 0 Å². The van der Waals surface area contributed by atoms with Crippen LogP contribution >= 0.6 is 0 Å². The molecule has 0 saturated heterocycles. The summed E-state index contributed by atoms with van der Waals surface area (Å²) in [5.41, 5.74) is -2.60. The standard InChI is InChI=1S/C26H38O6.C21H30O5/c1-4-5-6-22(30)32-15-21(29)26(31)12-10-19-18-8-7-16-13-17(27)9-11-24(16,2)23(18)20(28)14-25(19,26)3;1-19-7-5-13(23)9-12(19)3-4-14-15-6-8-21(26,17(25)11-22)20(15,2)10-16(24)18(14)19/h13,18-20,23,28,31H,4-12,14-15H2,1-3H3;9,14-16,18,22,24,26H,3-8,10-11H2,1-2H3/t18?,19?,20-,23?,24-,25-,26-;14-,15-,16-,18+,19-,20-,21-/m00/s1. The number of hydrogen-bond acceptors (Lipinski definition) is 11. The summed E-state index contributed by atoms with van der Waals surface area (Å²) in [6.45, 7) is 9.17. The molecule has 0 heterocycles. The maximum atomic E-state index is 13.1. The van der Waals surface area contributed by atoms with Gasteiger partial charge in [-0.3, -0.25) is 24.0 Å². The van der Waals surface area contributed by atoms with Crippen molar-refractivity contribution >= 4 is 29.1 Å². The fourth-order valence-electron chi connectivity index (χ4n) is 15.1. The van der Waals surface area contributed by atoms with Gasteiger partial charge in [0.05, 0.1) is 12.2 Å². The van der Waals surface area contributed by atoms with E-state index >= 15 is 0 Å². The third kappa shape index (κ3) is 6.49. The minimum atomic E-state index is -1.59. The molecule has 8 aliphatic rings. The van der Waals surface area contributed by atoms with E-state index in [0.29, 0.717) is 44.9 Å². The number of fused-ring (bicyclic) bond motifs is 10. The lowest BCUT2D eigenvalue weighted by Crippen LogP contribution is -2.62. The van der Waals surface area contributed by atoms with Crippen molar-refractivity contribution in [3.63, 3.8) is 0 Å². The monoisotopic (exact) mass is 808 g/mol. The number of aliphatic hydroxyl groups is 5. The summed E-state index contributed by atoms with van der Waals surface area (Å²) in [6.07, 6.45) is 13.2. The van der Waals surface area contributed by atoms with Gasteiger partial charge in [0.25, 0.3) is 0 Å². The highest BCUT2D eigenvalue weighted by atomic mass is 16.5. The molecule has 11 heteroatoms. The van der Waals surface area contributed by atoms with E-state index in [4.69, 9.17) is 4.74 Å². The average molecular weight is 809 g/mol. The molecule has 8 rings (SSSR count). The Morgan fingerprint density at radius 1 is 0.690 bits per heavy atom. The predicted octanol–water partition coefficient (Wildman–Crippen LogP) is 5.30. The van der Waals surface area contributed by atoms with Crippen LogP contribution in [0, 0.1) is 57.2 Å². The highest BCUT2D eigenvalue weighted by Crippen LogP contribution is 2.69. The van der Waals surface area contributed by atoms with E-state index in [9.17, 15) is 49.5 Å². The first-order valence-corrected chi connectivity index (χ1v) is 22.4. The third-order valence-corrected chi connectivity index (χ3v) is 18.3. The van der Waals surface area contributed by atoms with Crippen LogP contribution < -0.4 is 0 Å². The van der Waals surface area contributed by atoms with Gasteiger partial charge in [-0.1, -0.05) is 52.2 Å². The molecule has 8 aliphatic carbocycles. The second-order valence-electron chi connectivity index (χ2n) is 20.7. The average Bonchev–Trinajstić information content (AvgIpc) is 3.61. The molecule has 0 aromatic heterocycles. The first kappa shape index (κ1) is 43.5. The normalized spacial score (nSPS) is 46.4. The molecule has 3 unspecified atom stereocenters. The number of allylic oxidation sites excluding steroid dienone is 2. The van der Waals surface area contributed by atoms with E-state index in [2.05, 4.69) is 13.8 Å². The van der Waals surface area contributed by atoms with E-state index < -0.39 is 65.0 Å².